The number of rotatable bonds is 3. The number of hydrogen-bond acceptors (Lipinski definition) is 4. The lowest BCUT2D eigenvalue weighted by molar-refractivity contribution is -0.202. The highest BCUT2D eigenvalue weighted by atomic mass is 16.7. The molecule has 0 aromatic rings. The van der Waals surface area contributed by atoms with E-state index in [0.717, 1.165) is 70.6 Å². The van der Waals surface area contributed by atoms with Crippen LogP contribution in [0.5, 0.6) is 0 Å². The summed E-state index contributed by atoms with van der Waals surface area (Å²) >= 11 is 0. The van der Waals surface area contributed by atoms with Crippen LogP contribution in [0.1, 0.15) is 126 Å². The van der Waals surface area contributed by atoms with E-state index in [9.17, 15) is 14.7 Å². The molecule has 218 valence electrons. The molecule has 1 unspecified atom stereocenters. The van der Waals surface area contributed by atoms with Crippen LogP contribution < -0.4 is 5.48 Å². The molecule has 39 heavy (non-hydrogen) atoms. The van der Waals surface area contributed by atoms with Gasteiger partial charge in [0.25, 0.3) is 0 Å². The first-order chi connectivity index (χ1) is 18.1. The fraction of sp³-hybridized carbons (Fsp3) is 0.882. The van der Waals surface area contributed by atoms with Crippen LogP contribution in [0, 0.1) is 50.2 Å². The smallest absolute Gasteiger partial charge is 0.249 e. The van der Waals surface area contributed by atoms with Crippen molar-refractivity contribution in [2.45, 2.75) is 138 Å². The van der Waals surface area contributed by atoms with Gasteiger partial charge >= 0.3 is 0 Å². The highest BCUT2D eigenvalue weighted by Crippen LogP contribution is 2.75. The minimum atomic E-state index is -0.485. The number of allylic oxidation sites excluding steroid dienone is 2. The Bertz CT molecular complexity index is 1090. The fourth-order valence-electron chi connectivity index (χ4n) is 11.1. The number of nitrogens with one attached hydrogen (secondary N) is 1. The van der Waals surface area contributed by atoms with E-state index in [1.165, 1.54) is 12.0 Å². The summed E-state index contributed by atoms with van der Waals surface area (Å²) in [5.41, 5.74) is 3.39. The van der Waals surface area contributed by atoms with Crippen molar-refractivity contribution in [1.82, 2.24) is 5.48 Å². The Balaban J connectivity index is 1.35. The predicted molar refractivity (Wildman–Crippen MR) is 152 cm³/mol. The van der Waals surface area contributed by atoms with E-state index >= 15 is 0 Å². The molecule has 0 heterocycles. The van der Waals surface area contributed by atoms with Crippen LogP contribution >= 0.6 is 0 Å². The van der Waals surface area contributed by atoms with Crippen LogP contribution in [0.3, 0.4) is 0 Å². The summed E-state index contributed by atoms with van der Waals surface area (Å²) in [6.07, 6.45) is 14.0. The van der Waals surface area contributed by atoms with Gasteiger partial charge in [-0.25, -0.2) is 5.48 Å². The van der Waals surface area contributed by atoms with Gasteiger partial charge in [0, 0.05) is 11.3 Å². The van der Waals surface area contributed by atoms with Crippen molar-refractivity contribution in [2.75, 3.05) is 0 Å². The van der Waals surface area contributed by atoms with Gasteiger partial charge in [-0.15, -0.1) is 0 Å². The molecule has 0 aromatic carbocycles. The zero-order chi connectivity index (χ0) is 28.2. The molecule has 2 N–H and O–H groups in total. The average molecular weight is 540 g/mol. The number of amides is 1. The Morgan fingerprint density at radius 3 is 2.28 bits per heavy atom. The molecular formula is C34H53NO4. The molecule has 6 aliphatic carbocycles. The minimum absolute atomic E-state index is 0.0113. The number of aliphatic hydroxyl groups excluding tert-OH is 1. The van der Waals surface area contributed by atoms with Gasteiger partial charge in [-0.3, -0.25) is 14.4 Å². The van der Waals surface area contributed by atoms with Gasteiger partial charge in [-0.1, -0.05) is 54.0 Å². The maximum atomic E-state index is 14.4. The van der Waals surface area contributed by atoms with E-state index in [2.05, 4.69) is 60.0 Å². The third-order valence-electron chi connectivity index (χ3n) is 14.5. The number of ketones is 1. The molecule has 6 aliphatic rings. The first kappa shape index (κ1) is 27.9. The summed E-state index contributed by atoms with van der Waals surface area (Å²) in [5, 5.41) is 11.0. The van der Waals surface area contributed by atoms with Gasteiger partial charge in [0.1, 0.15) is 0 Å². The van der Waals surface area contributed by atoms with Crippen molar-refractivity contribution >= 4 is 11.7 Å². The predicted octanol–water partition coefficient (Wildman–Crippen LogP) is 6.93. The molecule has 0 bridgehead atoms. The molecule has 0 spiro atoms. The van der Waals surface area contributed by atoms with Crippen LogP contribution in [0.15, 0.2) is 11.6 Å². The third-order valence-corrected chi connectivity index (χ3v) is 14.5. The summed E-state index contributed by atoms with van der Waals surface area (Å²) in [6.45, 7) is 16.3. The molecular weight excluding hydrogens is 486 g/mol. The van der Waals surface area contributed by atoms with Gasteiger partial charge in [-0.2, -0.15) is 0 Å². The standard InChI is InChI=1S/C34H53NO4/c1-29(2)25-11-14-34(7)27(32(25,5)13-12-26(29)37)24(36)19-22-23-20-31(4,28(38)35-39-21-9-8-10-21)16-15-30(23,3)17-18-33(22,34)6/h19,21,23,25-27,37H,8-18,20H2,1-7H3,(H,35,38)/t23-,25?,26-,27+,30+,31-,32-,33+,34+/m0/s1. The lowest BCUT2D eigenvalue weighted by Gasteiger charge is -2.70. The van der Waals surface area contributed by atoms with Crippen molar-refractivity contribution in [2.24, 2.45) is 50.2 Å². The SMILES string of the molecule is CC1(C)C2CC[C@]3(C)[C@H](C(=O)C=C4[C@@H]5C[C@@](C)(C(=O)NOC6CCC6)CC[C@]5(C)CC[C@]43C)[C@@]2(C)CC[C@@H]1O. The number of carbonyl (C=O) groups is 2. The Morgan fingerprint density at radius 2 is 1.62 bits per heavy atom. The molecule has 1 amide bonds. The van der Waals surface area contributed by atoms with E-state index in [1.807, 2.05) is 0 Å². The number of hydrogen-bond donors (Lipinski definition) is 2. The molecule has 6 rings (SSSR count). The average Bonchev–Trinajstić information content (AvgIpc) is 2.83. The minimum Gasteiger partial charge on any atom is -0.393 e. The molecule has 0 saturated heterocycles. The van der Waals surface area contributed by atoms with Gasteiger partial charge in [-0.05, 0) is 122 Å². The quantitative estimate of drug-likeness (QED) is 0.381. The maximum Gasteiger partial charge on any atom is 0.249 e. The van der Waals surface area contributed by atoms with Crippen molar-refractivity contribution in [1.29, 1.82) is 0 Å². The van der Waals surface area contributed by atoms with Gasteiger partial charge < -0.3 is 5.11 Å². The summed E-state index contributed by atoms with van der Waals surface area (Å²) in [6, 6.07) is 0. The highest BCUT2D eigenvalue weighted by molar-refractivity contribution is 5.95. The maximum absolute atomic E-state index is 14.4. The Morgan fingerprint density at radius 1 is 0.923 bits per heavy atom. The number of aliphatic hydroxyl groups is 1. The molecule has 9 atom stereocenters. The van der Waals surface area contributed by atoms with E-state index in [1.54, 1.807) is 0 Å². The molecule has 5 fully saturated rings. The van der Waals surface area contributed by atoms with Gasteiger partial charge in [0.05, 0.1) is 12.2 Å². The molecule has 5 nitrogen and oxygen atoms in total. The lowest BCUT2D eigenvalue weighted by Crippen LogP contribution is -2.66. The molecule has 5 heteroatoms. The van der Waals surface area contributed by atoms with E-state index in [4.69, 9.17) is 4.84 Å². The van der Waals surface area contributed by atoms with Gasteiger partial charge in [0.2, 0.25) is 5.91 Å². The molecule has 5 saturated carbocycles. The van der Waals surface area contributed by atoms with Gasteiger partial charge in [0.15, 0.2) is 5.78 Å². The second kappa shape index (κ2) is 8.66. The lowest BCUT2D eigenvalue weighted by atomic mass is 9.33. The van der Waals surface area contributed by atoms with Crippen molar-refractivity contribution in [3.8, 4) is 0 Å². The fourth-order valence-corrected chi connectivity index (χ4v) is 11.1. The Kier molecular flexibility index (Phi) is 6.20. The van der Waals surface area contributed by atoms with E-state index in [0.29, 0.717) is 11.7 Å². The third kappa shape index (κ3) is 3.70. The summed E-state index contributed by atoms with van der Waals surface area (Å²) in [5.74, 6) is 0.912. The summed E-state index contributed by atoms with van der Waals surface area (Å²) in [7, 11) is 0. The topological polar surface area (TPSA) is 75.6 Å². The summed E-state index contributed by atoms with van der Waals surface area (Å²) < 4.78 is 0. The van der Waals surface area contributed by atoms with E-state index in [-0.39, 0.29) is 57.0 Å². The molecule has 0 aliphatic heterocycles. The van der Waals surface area contributed by atoms with Crippen LogP contribution in [0.4, 0.5) is 0 Å². The Hall–Kier alpha value is -1.20. The van der Waals surface area contributed by atoms with Crippen LogP contribution in [0.25, 0.3) is 0 Å². The first-order valence-electron chi connectivity index (χ1n) is 16.0. The zero-order valence-electron chi connectivity index (χ0n) is 25.6. The molecule has 0 radical (unpaired) electrons. The number of fused-ring (bicyclic) bond motifs is 7. The monoisotopic (exact) mass is 539 g/mol. The zero-order valence-corrected chi connectivity index (χ0v) is 25.6. The summed E-state index contributed by atoms with van der Waals surface area (Å²) in [4.78, 5) is 33.7. The van der Waals surface area contributed by atoms with E-state index < -0.39 is 5.41 Å². The number of carbonyl (C=O) groups excluding carboxylic acids is 2. The van der Waals surface area contributed by atoms with Crippen LogP contribution in [-0.2, 0) is 14.4 Å². The second-order valence-electron chi connectivity index (χ2n) is 16.7. The second-order valence-corrected chi connectivity index (χ2v) is 16.7. The Labute approximate surface area is 236 Å². The molecule has 0 aromatic heterocycles. The van der Waals surface area contributed by atoms with Crippen molar-refractivity contribution < 1.29 is 19.5 Å². The van der Waals surface area contributed by atoms with Crippen molar-refractivity contribution in [3.63, 3.8) is 0 Å². The van der Waals surface area contributed by atoms with Crippen LogP contribution in [0.2, 0.25) is 0 Å². The first-order valence-corrected chi connectivity index (χ1v) is 16.0. The largest absolute Gasteiger partial charge is 0.393 e. The van der Waals surface area contributed by atoms with Crippen molar-refractivity contribution in [3.05, 3.63) is 11.6 Å². The normalized spacial score (nSPS) is 50.9. The van der Waals surface area contributed by atoms with Crippen LogP contribution in [-0.4, -0.2) is 29.0 Å². The number of hydroxylamine groups is 1. The highest BCUT2D eigenvalue weighted by Gasteiger charge is 2.70.